The molecule has 5 N–H and O–H groups in total. The van der Waals surface area contributed by atoms with Gasteiger partial charge in [0.05, 0.1) is 11.9 Å². The highest BCUT2D eigenvalue weighted by atomic mass is 16.3. The number of aromatic amines is 1. The molecular weight excluding hydrogens is 334 g/mol. The smallest absolute Gasteiger partial charge is 0.294 e. The van der Waals surface area contributed by atoms with Crippen molar-refractivity contribution in [3.05, 3.63) is 34.4 Å². The second-order valence-corrected chi connectivity index (χ2v) is 6.75. The van der Waals surface area contributed by atoms with Crippen LogP contribution < -0.4 is 16.6 Å². The molecule has 0 aliphatic heterocycles. The van der Waals surface area contributed by atoms with Gasteiger partial charge in [0.15, 0.2) is 11.5 Å². The molecule has 1 aliphatic carbocycles. The number of H-pyrrole nitrogens is 1. The quantitative estimate of drug-likeness (QED) is 0.659. The molecule has 1 amide bonds. The second-order valence-electron chi connectivity index (χ2n) is 6.75. The van der Waals surface area contributed by atoms with Crippen molar-refractivity contribution < 1.29 is 9.90 Å². The van der Waals surface area contributed by atoms with Gasteiger partial charge < -0.3 is 21.1 Å². The molecule has 8 nitrogen and oxygen atoms in total. The van der Waals surface area contributed by atoms with Crippen LogP contribution in [0.3, 0.4) is 0 Å². The van der Waals surface area contributed by atoms with Gasteiger partial charge in [-0.1, -0.05) is 19.3 Å². The first-order valence-corrected chi connectivity index (χ1v) is 8.81. The van der Waals surface area contributed by atoms with E-state index >= 15 is 0 Å². The monoisotopic (exact) mass is 357 g/mol. The minimum Gasteiger partial charge on any atom is -0.501 e. The highest BCUT2D eigenvalue weighted by Gasteiger charge is 2.25. The second kappa shape index (κ2) is 7.55. The summed E-state index contributed by atoms with van der Waals surface area (Å²) in [5.74, 6) is -0.765. The Morgan fingerprint density at radius 3 is 2.73 bits per heavy atom. The van der Waals surface area contributed by atoms with Crippen LogP contribution in [0, 0.1) is 5.92 Å². The summed E-state index contributed by atoms with van der Waals surface area (Å²) >= 11 is 0. The number of hydrogen-bond acceptors (Lipinski definition) is 6. The van der Waals surface area contributed by atoms with E-state index in [0.717, 1.165) is 25.7 Å². The lowest BCUT2D eigenvalue weighted by Gasteiger charge is -2.28. The number of nitrogens with one attached hydrogen (secondary N) is 2. The molecule has 1 fully saturated rings. The Morgan fingerprint density at radius 2 is 2.08 bits per heavy atom. The number of rotatable bonds is 4. The average Bonchev–Trinajstić information content (AvgIpc) is 2.65. The first-order chi connectivity index (χ1) is 12.5. The maximum atomic E-state index is 12.6. The van der Waals surface area contributed by atoms with Crippen LogP contribution in [0.25, 0.3) is 11.5 Å². The fourth-order valence-electron chi connectivity index (χ4n) is 3.32. The summed E-state index contributed by atoms with van der Waals surface area (Å²) in [6.07, 6.45) is 7.10. The Hall–Kier alpha value is -2.90. The summed E-state index contributed by atoms with van der Waals surface area (Å²) in [5.41, 5.74) is 5.33. The van der Waals surface area contributed by atoms with Crippen molar-refractivity contribution >= 4 is 11.6 Å². The Labute approximate surface area is 150 Å². The van der Waals surface area contributed by atoms with Gasteiger partial charge in [-0.05, 0) is 37.8 Å². The Bertz CT molecular complexity index is 841. The van der Waals surface area contributed by atoms with Crippen molar-refractivity contribution in [2.45, 2.75) is 45.1 Å². The maximum absolute atomic E-state index is 12.6. The Morgan fingerprint density at radius 1 is 1.35 bits per heavy atom. The van der Waals surface area contributed by atoms with Gasteiger partial charge in [-0.15, -0.1) is 0 Å². The van der Waals surface area contributed by atoms with Crippen molar-refractivity contribution in [2.75, 3.05) is 5.73 Å². The summed E-state index contributed by atoms with van der Waals surface area (Å²) in [4.78, 5) is 35.2. The third-order valence-corrected chi connectivity index (χ3v) is 4.85. The van der Waals surface area contributed by atoms with E-state index in [0.29, 0.717) is 17.3 Å². The molecular formula is C18H23N5O3. The van der Waals surface area contributed by atoms with E-state index in [-0.39, 0.29) is 17.6 Å². The predicted molar refractivity (Wildman–Crippen MR) is 97.7 cm³/mol. The van der Waals surface area contributed by atoms with Crippen LogP contribution in [0.5, 0.6) is 5.75 Å². The molecule has 0 radical (unpaired) electrons. The number of carbonyl (C=O) groups excluding carboxylic acids is 1. The van der Waals surface area contributed by atoms with Crippen LogP contribution >= 0.6 is 0 Å². The molecule has 138 valence electrons. The number of nitrogens with two attached hydrogens (primary N) is 1. The molecule has 2 aromatic rings. The van der Waals surface area contributed by atoms with Crippen molar-refractivity contribution in [1.29, 1.82) is 0 Å². The van der Waals surface area contributed by atoms with Crippen LogP contribution in [0.1, 0.15) is 49.5 Å². The Kier molecular flexibility index (Phi) is 5.20. The van der Waals surface area contributed by atoms with Crippen molar-refractivity contribution in [2.24, 2.45) is 5.92 Å². The van der Waals surface area contributed by atoms with E-state index in [9.17, 15) is 14.7 Å². The van der Waals surface area contributed by atoms with Crippen LogP contribution in [0.2, 0.25) is 0 Å². The van der Waals surface area contributed by atoms with Gasteiger partial charge in [0.25, 0.3) is 11.5 Å². The largest absolute Gasteiger partial charge is 0.501 e. The number of anilines is 1. The van der Waals surface area contributed by atoms with Crippen molar-refractivity contribution in [3.63, 3.8) is 0 Å². The first kappa shape index (κ1) is 17.9. The molecule has 0 aromatic carbocycles. The summed E-state index contributed by atoms with van der Waals surface area (Å²) < 4.78 is 0. The van der Waals surface area contributed by atoms with E-state index in [1.165, 1.54) is 12.6 Å². The number of aromatic nitrogens is 3. The standard InChI is InChI=1S/C18H23N5O3/c1-10(11-5-3-2-4-6-11)21-17(25)14-15(24)18(26)23-16(22-14)13-8-7-12(19)9-20-13/h7-11,24H,2-6,19H2,1H3,(H,21,25)(H,22,23,26)/t10-/m1/s1. The number of carbonyl (C=O) groups is 1. The number of nitrogen functional groups attached to an aromatic ring is 1. The highest BCUT2D eigenvalue weighted by Crippen LogP contribution is 2.26. The number of nitrogens with zero attached hydrogens (tertiary/aromatic N) is 2. The summed E-state index contributed by atoms with van der Waals surface area (Å²) in [6.45, 7) is 1.94. The fourth-order valence-corrected chi connectivity index (χ4v) is 3.32. The minimum atomic E-state index is -0.788. The number of aromatic hydroxyl groups is 1. The molecule has 0 unspecified atom stereocenters. The molecule has 1 aliphatic rings. The molecule has 2 heterocycles. The molecule has 3 rings (SSSR count). The van der Waals surface area contributed by atoms with Crippen LogP contribution in [-0.4, -0.2) is 32.0 Å². The zero-order valence-corrected chi connectivity index (χ0v) is 14.7. The van der Waals surface area contributed by atoms with E-state index in [4.69, 9.17) is 5.73 Å². The molecule has 0 spiro atoms. The van der Waals surface area contributed by atoms with E-state index in [1.54, 1.807) is 12.1 Å². The zero-order valence-electron chi connectivity index (χ0n) is 14.7. The molecule has 1 atom stereocenters. The maximum Gasteiger partial charge on any atom is 0.294 e. The zero-order chi connectivity index (χ0) is 18.7. The Balaban J connectivity index is 1.85. The number of amides is 1. The summed E-state index contributed by atoms with van der Waals surface area (Å²) in [5, 5.41) is 12.9. The molecule has 0 bridgehead atoms. The fraction of sp³-hybridized carbons (Fsp3) is 0.444. The third kappa shape index (κ3) is 3.84. The third-order valence-electron chi connectivity index (χ3n) is 4.85. The van der Waals surface area contributed by atoms with Gasteiger partial charge in [-0.2, -0.15) is 0 Å². The van der Waals surface area contributed by atoms with Crippen LogP contribution in [0.4, 0.5) is 5.69 Å². The number of hydrogen-bond donors (Lipinski definition) is 4. The van der Waals surface area contributed by atoms with Gasteiger partial charge in [0.2, 0.25) is 5.75 Å². The molecule has 26 heavy (non-hydrogen) atoms. The molecule has 8 heteroatoms. The lowest BCUT2D eigenvalue weighted by Crippen LogP contribution is -2.39. The van der Waals surface area contributed by atoms with Gasteiger partial charge in [0, 0.05) is 6.04 Å². The molecule has 1 saturated carbocycles. The first-order valence-electron chi connectivity index (χ1n) is 8.81. The van der Waals surface area contributed by atoms with Crippen molar-refractivity contribution in [1.82, 2.24) is 20.3 Å². The van der Waals surface area contributed by atoms with Gasteiger partial charge in [0.1, 0.15) is 5.69 Å². The predicted octanol–water partition coefficient (Wildman–Crippen LogP) is 1.82. The van der Waals surface area contributed by atoms with Crippen LogP contribution in [-0.2, 0) is 0 Å². The summed E-state index contributed by atoms with van der Waals surface area (Å²) in [6, 6.07) is 3.14. The van der Waals surface area contributed by atoms with E-state index in [1.807, 2.05) is 6.92 Å². The minimum absolute atomic E-state index is 0.0543. The SMILES string of the molecule is C[C@@H](NC(=O)c1nc(-c2ccc(N)cn2)[nH]c(=O)c1O)C1CCCCC1. The van der Waals surface area contributed by atoms with Gasteiger partial charge in [-0.25, -0.2) is 4.98 Å². The van der Waals surface area contributed by atoms with Gasteiger partial charge in [-0.3, -0.25) is 14.6 Å². The number of pyridine rings is 1. The normalized spacial score (nSPS) is 16.2. The summed E-state index contributed by atoms with van der Waals surface area (Å²) in [7, 11) is 0. The lowest BCUT2D eigenvalue weighted by atomic mass is 9.84. The van der Waals surface area contributed by atoms with Crippen LogP contribution in [0.15, 0.2) is 23.1 Å². The molecule has 0 saturated heterocycles. The highest BCUT2D eigenvalue weighted by molar-refractivity contribution is 5.95. The van der Waals surface area contributed by atoms with Crippen molar-refractivity contribution in [3.8, 4) is 17.3 Å². The van der Waals surface area contributed by atoms with E-state index < -0.39 is 17.2 Å². The van der Waals surface area contributed by atoms with E-state index in [2.05, 4.69) is 20.3 Å². The topological polar surface area (TPSA) is 134 Å². The van der Waals surface area contributed by atoms with Gasteiger partial charge >= 0.3 is 0 Å². The molecule has 2 aromatic heterocycles. The lowest BCUT2D eigenvalue weighted by molar-refractivity contribution is 0.0911. The average molecular weight is 357 g/mol.